The van der Waals surface area contributed by atoms with Gasteiger partial charge >= 0.3 is 5.97 Å². The molecule has 1 aromatic heterocycles. The molecule has 20 heavy (non-hydrogen) atoms. The summed E-state index contributed by atoms with van der Waals surface area (Å²) in [6.45, 7) is 1.93. The number of carbonyl (C=O) groups is 1. The molecule has 7 heteroatoms. The fourth-order valence-electron chi connectivity index (χ4n) is 1.53. The molecule has 2 aromatic rings. The first kappa shape index (κ1) is 14.7. The van der Waals surface area contributed by atoms with Gasteiger partial charge in [-0.15, -0.1) is 0 Å². The maximum Gasteiger partial charge on any atom is 0.358 e. The van der Waals surface area contributed by atoms with Crippen LogP contribution >= 0.6 is 27.5 Å². The van der Waals surface area contributed by atoms with Crippen LogP contribution < -0.4 is 5.73 Å². The Morgan fingerprint density at radius 3 is 2.60 bits per heavy atom. The van der Waals surface area contributed by atoms with E-state index in [-0.39, 0.29) is 23.1 Å². The van der Waals surface area contributed by atoms with Crippen molar-refractivity contribution < 1.29 is 9.53 Å². The molecule has 1 heterocycles. The molecule has 0 aliphatic carbocycles. The average molecular weight is 357 g/mol. The third-order valence-corrected chi connectivity index (χ3v) is 3.35. The Hall–Kier alpha value is -1.66. The lowest BCUT2D eigenvalue weighted by atomic mass is 10.2. The van der Waals surface area contributed by atoms with E-state index < -0.39 is 5.97 Å². The van der Waals surface area contributed by atoms with Gasteiger partial charge in [-0.2, -0.15) is 0 Å². The standard InChI is InChI=1S/C13H11BrClN3O2/c1-2-20-13(19)10-9(15)11(16)18-12(17-10)7-3-5-8(14)6-4-7/h3-6H,2H2,1H3,(H2,16,17,18). The predicted octanol–water partition coefficient (Wildman–Crippen LogP) is 3.32. The summed E-state index contributed by atoms with van der Waals surface area (Å²) in [5.74, 6) is -0.255. The molecule has 2 N–H and O–H groups in total. The van der Waals surface area contributed by atoms with E-state index in [4.69, 9.17) is 22.1 Å². The summed E-state index contributed by atoms with van der Waals surface area (Å²) >= 11 is 9.29. The van der Waals surface area contributed by atoms with Crippen LogP contribution in [-0.4, -0.2) is 22.5 Å². The number of nitrogens with two attached hydrogens (primary N) is 1. The zero-order chi connectivity index (χ0) is 14.7. The van der Waals surface area contributed by atoms with Gasteiger partial charge in [0.15, 0.2) is 11.5 Å². The van der Waals surface area contributed by atoms with Gasteiger partial charge in [0.1, 0.15) is 10.8 Å². The number of aromatic nitrogens is 2. The minimum Gasteiger partial charge on any atom is -0.461 e. The first-order valence-corrected chi connectivity index (χ1v) is 6.96. The number of nitrogen functional groups attached to an aromatic ring is 1. The number of halogens is 2. The number of benzene rings is 1. The smallest absolute Gasteiger partial charge is 0.358 e. The lowest BCUT2D eigenvalue weighted by Gasteiger charge is -2.08. The molecule has 0 atom stereocenters. The zero-order valence-corrected chi connectivity index (χ0v) is 12.9. The molecule has 5 nitrogen and oxygen atoms in total. The Balaban J connectivity index is 2.50. The highest BCUT2D eigenvalue weighted by molar-refractivity contribution is 9.10. The molecule has 0 saturated carbocycles. The molecule has 0 saturated heterocycles. The highest BCUT2D eigenvalue weighted by atomic mass is 79.9. The zero-order valence-electron chi connectivity index (χ0n) is 10.6. The summed E-state index contributed by atoms with van der Waals surface area (Å²) in [6, 6.07) is 7.30. The summed E-state index contributed by atoms with van der Waals surface area (Å²) in [5.41, 5.74) is 6.42. The molecule has 0 radical (unpaired) electrons. The molecule has 1 aromatic carbocycles. The maximum absolute atomic E-state index is 11.8. The molecule has 0 unspecified atom stereocenters. The molecule has 0 aliphatic rings. The van der Waals surface area contributed by atoms with Crippen molar-refractivity contribution in [3.05, 3.63) is 39.5 Å². The Morgan fingerprint density at radius 2 is 2.00 bits per heavy atom. The van der Waals surface area contributed by atoms with E-state index in [0.717, 1.165) is 10.0 Å². The van der Waals surface area contributed by atoms with Crippen molar-refractivity contribution in [3.8, 4) is 11.4 Å². The fourth-order valence-corrected chi connectivity index (χ4v) is 1.95. The van der Waals surface area contributed by atoms with Crippen LogP contribution in [0.5, 0.6) is 0 Å². The monoisotopic (exact) mass is 355 g/mol. The van der Waals surface area contributed by atoms with Gasteiger partial charge in [0.2, 0.25) is 0 Å². The third-order valence-electron chi connectivity index (χ3n) is 2.45. The summed E-state index contributed by atoms with van der Waals surface area (Å²) in [7, 11) is 0. The first-order valence-electron chi connectivity index (χ1n) is 5.79. The fraction of sp³-hybridized carbons (Fsp3) is 0.154. The normalized spacial score (nSPS) is 10.3. The van der Waals surface area contributed by atoms with Crippen LogP contribution in [0.1, 0.15) is 17.4 Å². The van der Waals surface area contributed by atoms with Gasteiger partial charge in [-0.3, -0.25) is 0 Å². The number of hydrogen-bond acceptors (Lipinski definition) is 5. The van der Waals surface area contributed by atoms with E-state index in [1.807, 2.05) is 24.3 Å². The molecule has 104 valence electrons. The second kappa shape index (κ2) is 6.19. The number of rotatable bonds is 3. The summed E-state index contributed by atoms with van der Waals surface area (Å²) < 4.78 is 5.82. The Bertz CT molecular complexity index is 647. The van der Waals surface area contributed by atoms with Crippen LogP contribution in [0.3, 0.4) is 0 Å². The van der Waals surface area contributed by atoms with E-state index in [1.165, 1.54) is 0 Å². The molecule has 0 bridgehead atoms. The van der Waals surface area contributed by atoms with Crippen LogP contribution in [0.2, 0.25) is 5.02 Å². The van der Waals surface area contributed by atoms with Gasteiger partial charge < -0.3 is 10.5 Å². The second-order valence-electron chi connectivity index (χ2n) is 3.82. The minimum atomic E-state index is -0.620. The van der Waals surface area contributed by atoms with E-state index in [9.17, 15) is 4.79 Å². The van der Waals surface area contributed by atoms with Gasteiger partial charge in [0.25, 0.3) is 0 Å². The Kier molecular flexibility index (Phi) is 4.57. The lowest BCUT2D eigenvalue weighted by Crippen LogP contribution is -2.11. The molecule has 0 fully saturated rings. The summed E-state index contributed by atoms with van der Waals surface area (Å²) in [5, 5.41) is 0.00399. The molecular weight excluding hydrogens is 346 g/mol. The van der Waals surface area contributed by atoms with Crippen LogP contribution in [0.4, 0.5) is 5.82 Å². The van der Waals surface area contributed by atoms with Crippen molar-refractivity contribution in [1.82, 2.24) is 9.97 Å². The van der Waals surface area contributed by atoms with Crippen molar-refractivity contribution in [2.24, 2.45) is 0 Å². The van der Waals surface area contributed by atoms with Crippen LogP contribution in [0.25, 0.3) is 11.4 Å². The van der Waals surface area contributed by atoms with Crippen LogP contribution in [0, 0.1) is 0 Å². The largest absolute Gasteiger partial charge is 0.461 e. The van der Waals surface area contributed by atoms with Gasteiger partial charge in [0, 0.05) is 10.0 Å². The highest BCUT2D eigenvalue weighted by Gasteiger charge is 2.19. The van der Waals surface area contributed by atoms with Crippen molar-refractivity contribution in [3.63, 3.8) is 0 Å². The van der Waals surface area contributed by atoms with Gasteiger partial charge in [0.05, 0.1) is 6.61 Å². The quantitative estimate of drug-likeness (QED) is 0.854. The molecule has 0 amide bonds. The molecule has 0 aliphatic heterocycles. The average Bonchev–Trinajstić information content (AvgIpc) is 2.43. The predicted molar refractivity (Wildman–Crippen MR) is 80.5 cm³/mol. The topological polar surface area (TPSA) is 78.1 Å². The maximum atomic E-state index is 11.8. The third kappa shape index (κ3) is 3.08. The van der Waals surface area contributed by atoms with Crippen LogP contribution in [0.15, 0.2) is 28.7 Å². The highest BCUT2D eigenvalue weighted by Crippen LogP contribution is 2.26. The SMILES string of the molecule is CCOC(=O)c1nc(-c2ccc(Br)cc2)nc(N)c1Cl. The number of nitrogens with zero attached hydrogens (tertiary/aromatic N) is 2. The second-order valence-corrected chi connectivity index (χ2v) is 5.12. The van der Waals surface area contributed by atoms with E-state index in [2.05, 4.69) is 25.9 Å². The summed E-state index contributed by atoms with van der Waals surface area (Å²) in [4.78, 5) is 20.0. The van der Waals surface area contributed by atoms with Crippen molar-refractivity contribution in [1.29, 1.82) is 0 Å². The number of ether oxygens (including phenoxy) is 1. The molecule has 2 rings (SSSR count). The van der Waals surface area contributed by atoms with E-state index in [0.29, 0.717) is 5.82 Å². The number of carbonyl (C=O) groups excluding carboxylic acids is 1. The van der Waals surface area contributed by atoms with Crippen LogP contribution in [-0.2, 0) is 4.74 Å². The van der Waals surface area contributed by atoms with Crippen molar-refractivity contribution in [2.75, 3.05) is 12.3 Å². The molecular formula is C13H11BrClN3O2. The van der Waals surface area contributed by atoms with Gasteiger partial charge in [-0.25, -0.2) is 14.8 Å². The summed E-state index contributed by atoms with van der Waals surface area (Å²) in [6.07, 6.45) is 0. The van der Waals surface area contributed by atoms with Crippen molar-refractivity contribution >= 4 is 39.3 Å². The van der Waals surface area contributed by atoms with Gasteiger partial charge in [-0.05, 0) is 19.1 Å². The van der Waals surface area contributed by atoms with Crippen molar-refractivity contribution in [2.45, 2.75) is 6.92 Å². The number of hydrogen-bond donors (Lipinski definition) is 1. The number of anilines is 1. The minimum absolute atomic E-state index is 0.00399. The van der Waals surface area contributed by atoms with E-state index in [1.54, 1.807) is 6.92 Å². The Morgan fingerprint density at radius 1 is 1.35 bits per heavy atom. The molecule has 0 spiro atoms. The first-order chi connectivity index (χ1) is 9.52. The number of esters is 1. The lowest BCUT2D eigenvalue weighted by molar-refractivity contribution is 0.0519. The van der Waals surface area contributed by atoms with E-state index >= 15 is 0 Å². The Labute approximate surface area is 129 Å². The van der Waals surface area contributed by atoms with Gasteiger partial charge in [-0.1, -0.05) is 39.7 Å².